The first-order valence-corrected chi connectivity index (χ1v) is 8.79. The molecule has 21 heavy (non-hydrogen) atoms. The van der Waals surface area contributed by atoms with Crippen molar-refractivity contribution in [3.8, 4) is 11.5 Å². The van der Waals surface area contributed by atoms with Crippen molar-refractivity contribution in [2.24, 2.45) is 0 Å². The van der Waals surface area contributed by atoms with E-state index in [1.54, 1.807) is 0 Å². The lowest BCUT2D eigenvalue weighted by atomic mass is 10.0. The average molecular weight is 378 g/mol. The molecule has 3 nitrogen and oxygen atoms in total. The van der Waals surface area contributed by atoms with Gasteiger partial charge >= 0.3 is 0 Å². The molecule has 1 aromatic rings. The van der Waals surface area contributed by atoms with Crippen molar-refractivity contribution in [3.05, 3.63) is 22.7 Å². The van der Waals surface area contributed by atoms with Gasteiger partial charge in [-0.25, -0.2) is 0 Å². The summed E-state index contributed by atoms with van der Waals surface area (Å²) in [5.74, 6) is 1.44. The summed E-state index contributed by atoms with van der Waals surface area (Å²) in [6.07, 6.45) is 3.49. The van der Waals surface area contributed by atoms with Gasteiger partial charge in [0.05, 0.1) is 19.3 Å². The number of hydrogen-bond donors (Lipinski definition) is 0. The van der Waals surface area contributed by atoms with Gasteiger partial charge in [-0.2, -0.15) is 0 Å². The lowest BCUT2D eigenvalue weighted by Gasteiger charge is -2.19. The van der Waals surface area contributed by atoms with E-state index in [9.17, 15) is 0 Å². The van der Waals surface area contributed by atoms with Gasteiger partial charge in [0.1, 0.15) is 0 Å². The molecule has 2 atom stereocenters. The lowest BCUT2D eigenvalue weighted by Crippen LogP contribution is -2.09. The van der Waals surface area contributed by atoms with Crippen molar-refractivity contribution < 1.29 is 14.2 Å². The van der Waals surface area contributed by atoms with Crippen LogP contribution >= 0.6 is 27.5 Å². The second kappa shape index (κ2) is 8.25. The van der Waals surface area contributed by atoms with Gasteiger partial charge in [0.25, 0.3) is 0 Å². The number of ether oxygens (including phenoxy) is 3. The third kappa shape index (κ3) is 4.51. The zero-order chi connectivity index (χ0) is 15.2. The molecule has 2 unspecified atom stereocenters. The summed E-state index contributed by atoms with van der Waals surface area (Å²) in [5.41, 5.74) is 1.03. The Morgan fingerprint density at radius 3 is 2.52 bits per heavy atom. The van der Waals surface area contributed by atoms with Crippen LogP contribution in [-0.4, -0.2) is 25.9 Å². The quantitative estimate of drug-likeness (QED) is 0.616. The Labute approximate surface area is 140 Å². The van der Waals surface area contributed by atoms with Crippen molar-refractivity contribution in [2.75, 3.05) is 19.8 Å². The maximum Gasteiger partial charge on any atom is 0.162 e. The standard InChI is InChI=1S/C16H22BrClO3/c1-3-19-15-9-12(14(18)10-16(15)20-4-2)13(17)8-11-6-5-7-21-11/h9-11,13H,3-8H2,1-2H3. The number of alkyl halides is 1. The first kappa shape index (κ1) is 16.9. The van der Waals surface area contributed by atoms with Crippen molar-refractivity contribution in [3.63, 3.8) is 0 Å². The fourth-order valence-electron chi connectivity index (χ4n) is 2.52. The lowest BCUT2D eigenvalue weighted by molar-refractivity contribution is 0.104. The summed E-state index contributed by atoms with van der Waals surface area (Å²) in [4.78, 5) is 0.156. The number of rotatable bonds is 7. The molecule has 2 rings (SSSR count). The minimum absolute atomic E-state index is 0.156. The van der Waals surface area contributed by atoms with Crippen LogP contribution in [0.2, 0.25) is 5.02 Å². The van der Waals surface area contributed by atoms with Gasteiger partial charge in [-0.3, -0.25) is 0 Å². The molecule has 0 radical (unpaired) electrons. The molecule has 118 valence electrons. The Bertz CT molecular complexity index is 461. The molecule has 1 aromatic carbocycles. The van der Waals surface area contributed by atoms with Crippen LogP contribution in [0, 0.1) is 0 Å². The number of halogens is 2. The maximum atomic E-state index is 6.41. The zero-order valence-corrected chi connectivity index (χ0v) is 14.9. The van der Waals surface area contributed by atoms with Gasteiger partial charge in [-0.15, -0.1) is 0 Å². The smallest absolute Gasteiger partial charge is 0.162 e. The highest BCUT2D eigenvalue weighted by atomic mass is 79.9. The van der Waals surface area contributed by atoms with E-state index in [4.69, 9.17) is 25.8 Å². The van der Waals surface area contributed by atoms with Gasteiger partial charge in [0.15, 0.2) is 11.5 Å². The molecule has 1 aliphatic rings. The summed E-state index contributed by atoms with van der Waals surface area (Å²) in [7, 11) is 0. The molecule has 1 fully saturated rings. The Balaban J connectivity index is 2.18. The molecule has 0 spiro atoms. The second-order valence-electron chi connectivity index (χ2n) is 5.02. The Morgan fingerprint density at radius 2 is 1.95 bits per heavy atom. The highest BCUT2D eigenvalue weighted by molar-refractivity contribution is 9.09. The summed E-state index contributed by atoms with van der Waals surface area (Å²) in [5, 5.41) is 0.696. The first-order chi connectivity index (χ1) is 10.2. The molecule has 5 heteroatoms. The molecule has 0 aliphatic carbocycles. The van der Waals surface area contributed by atoms with Crippen LogP contribution in [0.5, 0.6) is 11.5 Å². The van der Waals surface area contributed by atoms with E-state index < -0.39 is 0 Å². The van der Waals surface area contributed by atoms with E-state index in [0.29, 0.717) is 30.1 Å². The molecule has 0 N–H and O–H groups in total. The van der Waals surface area contributed by atoms with Gasteiger partial charge in [0, 0.05) is 22.5 Å². The monoisotopic (exact) mass is 376 g/mol. The third-order valence-electron chi connectivity index (χ3n) is 3.49. The Hall–Kier alpha value is -0.450. The first-order valence-electron chi connectivity index (χ1n) is 7.50. The van der Waals surface area contributed by atoms with Crippen LogP contribution < -0.4 is 9.47 Å². The highest BCUT2D eigenvalue weighted by Gasteiger charge is 2.23. The third-order valence-corrected chi connectivity index (χ3v) is 4.69. The second-order valence-corrected chi connectivity index (χ2v) is 6.54. The average Bonchev–Trinajstić information content (AvgIpc) is 2.95. The van der Waals surface area contributed by atoms with E-state index in [0.717, 1.165) is 37.2 Å². The predicted octanol–water partition coefficient (Wildman–Crippen LogP) is 5.14. The van der Waals surface area contributed by atoms with Gasteiger partial charge in [0.2, 0.25) is 0 Å². The van der Waals surface area contributed by atoms with Crippen molar-refractivity contribution in [2.45, 2.75) is 44.0 Å². The number of hydrogen-bond acceptors (Lipinski definition) is 3. The Kier molecular flexibility index (Phi) is 6.65. The highest BCUT2D eigenvalue weighted by Crippen LogP contribution is 2.41. The normalized spacial score (nSPS) is 19.5. The molecule has 1 heterocycles. The van der Waals surface area contributed by atoms with Crippen LogP contribution in [0.1, 0.15) is 43.5 Å². The van der Waals surface area contributed by atoms with Crippen LogP contribution in [0.3, 0.4) is 0 Å². The summed E-state index contributed by atoms with van der Waals surface area (Å²) >= 11 is 10.1. The minimum Gasteiger partial charge on any atom is -0.490 e. The zero-order valence-electron chi connectivity index (χ0n) is 12.5. The fourth-order valence-corrected chi connectivity index (χ4v) is 3.73. The topological polar surface area (TPSA) is 27.7 Å². The Morgan fingerprint density at radius 1 is 1.29 bits per heavy atom. The van der Waals surface area contributed by atoms with Crippen molar-refractivity contribution >= 4 is 27.5 Å². The van der Waals surface area contributed by atoms with E-state index in [1.165, 1.54) is 0 Å². The maximum absolute atomic E-state index is 6.41. The summed E-state index contributed by atoms with van der Waals surface area (Å²) in [6.45, 7) is 5.96. The summed E-state index contributed by atoms with van der Waals surface area (Å²) < 4.78 is 17.0. The SMILES string of the molecule is CCOc1cc(Cl)c(C(Br)CC2CCCO2)cc1OCC. The van der Waals surface area contributed by atoms with Gasteiger partial charge in [-0.05, 0) is 44.7 Å². The largest absolute Gasteiger partial charge is 0.490 e. The number of benzene rings is 1. The molecular weight excluding hydrogens is 356 g/mol. The molecule has 0 aromatic heterocycles. The van der Waals surface area contributed by atoms with Crippen molar-refractivity contribution in [1.29, 1.82) is 0 Å². The van der Waals surface area contributed by atoms with Gasteiger partial charge in [-0.1, -0.05) is 27.5 Å². The molecule has 0 saturated carbocycles. The molecule has 0 amide bonds. The van der Waals surface area contributed by atoms with Crippen LogP contribution in [-0.2, 0) is 4.74 Å². The minimum atomic E-state index is 0.156. The van der Waals surface area contributed by atoms with Crippen molar-refractivity contribution in [1.82, 2.24) is 0 Å². The molecule has 1 saturated heterocycles. The van der Waals surface area contributed by atoms with E-state index >= 15 is 0 Å². The van der Waals surface area contributed by atoms with Crippen LogP contribution in [0.15, 0.2) is 12.1 Å². The predicted molar refractivity (Wildman–Crippen MR) is 89.0 cm³/mol. The fraction of sp³-hybridized carbons (Fsp3) is 0.625. The molecule has 1 aliphatic heterocycles. The van der Waals surface area contributed by atoms with E-state index in [2.05, 4.69) is 15.9 Å². The van der Waals surface area contributed by atoms with Crippen LogP contribution in [0.25, 0.3) is 0 Å². The molecule has 0 bridgehead atoms. The summed E-state index contributed by atoms with van der Waals surface area (Å²) in [6, 6.07) is 3.82. The van der Waals surface area contributed by atoms with Gasteiger partial charge < -0.3 is 14.2 Å². The van der Waals surface area contributed by atoms with E-state index in [1.807, 2.05) is 26.0 Å². The van der Waals surface area contributed by atoms with Crippen LogP contribution in [0.4, 0.5) is 0 Å². The van der Waals surface area contributed by atoms with E-state index in [-0.39, 0.29) is 4.83 Å². The molecular formula is C16H22BrClO3.